The summed E-state index contributed by atoms with van der Waals surface area (Å²) in [6.45, 7) is 1.03. The lowest BCUT2D eigenvalue weighted by atomic mass is 9.85. The summed E-state index contributed by atoms with van der Waals surface area (Å²) in [6.07, 6.45) is 1.14. The number of para-hydroxylation sites is 1. The van der Waals surface area contributed by atoms with Gasteiger partial charge in [0.2, 0.25) is 0 Å². The van der Waals surface area contributed by atoms with Gasteiger partial charge in [-0.2, -0.15) is 0 Å². The van der Waals surface area contributed by atoms with E-state index in [4.69, 9.17) is 5.73 Å². The second kappa shape index (κ2) is 4.13. The highest BCUT2D eigenvalue weighted by molar-refractivity contribution is 5.57. The fraction of sp³-hybridized carbons (Fsp3) is 0.200. The van der Waals surface area contributed by atoms with Crippen LogP contribution in [-0.4, -0.2) is 6.54 Å². The smallest absolute Gasteiger partial charge is 0.0379 e. The van der Waals surface area contributed by atoms with E-state index in [1.54, 1.807) is 0 Å². The number of rotatable bonds is 1. The molecule has 0 bridgehead atoms. The number of nitrogens with one attached hydrogen (secondary N) is 1. The maximum absolute atomic E-state index is 5.74. The Morgan fingerprint density at radius 2 is 1.76 bits per heavy atom. The molecule has 0 amide bonds. The van der Waals surface area contributed by atoms with Crippen LogP contribution in [-0.2, 0) is 0 Å². The van der Waals surface area contributed by atoms with Crippen LogP contribution < -0.4 is 11.1 Å². The van der Waals surface area contributed by atoms with Crippen LogP contribution in [0.25, 0.3) is 0 Å². The van der Waals surface area contributed by atoms with Crippen molar-refractivity contribution in [3.05, 3.63) is 59.7 Å². The minimum Gasteiger partial charge on any atom is -0.399 e. The first-order chi connectivity index (χ1) is 8.34. The molecule has 1 aliphatic rings. The van der Waals surface area contributed by atoms with Crippen molar-refractivity contribution in [3.8, 4) is 0 Å². The number of hydrogen-bond donors (Lipinski definition) is 2. The number of hydrogen-bond acceptors (Lipinski definition) is 2. The van der Waals surface area contributed by atoms with Crippen molar-refractivity contribution in [2.24, 2.45) is 0 Å². The third-order valence-electron chi connectivity index (χ3n) is 3.42. The number of nitrogens with two attached hydrogens (primary N) is 1. The van der Waals surface area contributed by atoms with Gasteiger partial charge in [0.05, 0.1) is 0 Å². The van der Waals surface area contributed by atoms with Crippen molar-refractivity contribution in [1.82, 2.24) is 0 Å². The van der Waals surface area contributed by atoms with E-state index in [1.807, 2.05) is 12.1 Å². The molecule has 17 heavy (non-hydrogen) atoms. The standard InChI is InChI=1S/C15H16N2/c16-12-7-5-11(6-8-12)13-9-10-17-15-4-2-1-3-14(13)15/h1-8,13,17H,9-10,16H2/t13-/m0/s1. The van der Waals surface area contributed by atoms with Gasteiger partial charge in [0, 0.05) is 23.8 Å². The van der Waals surface area contributed by atoms with Crippen molar-refractivity contribution in [2.45, 2.75) is 12.3 Å². The molecule has 0 aromatic heterocycles. The number of fused-ring (bicyclic) bond motifs is 1. The number of anilines is 2. The average Bonchev–Trinajstić information content (AvgIpc) is 2.39. The second-order valence-corrected chi connectivity index (χ2v) is 4.52. The Kier molecular flexibility index (Phi) is 2.48. The molecule has 0 aliphatic carbocycles. The van der Waals surface area contributed by atoms with E-state index in [9.17, 15) is 0 Å². The van der Waals surface area contributed by atoms with E-state index in [0.29, 0.717) is 5.92 Å². The van der Waals surface area contributed by atoms with Gasteiger partial charge in [-0.15, -0.1) is 0 Å². The second-order valence-electron chi connectivity index (χ2n) is 4.52. The molecule has 0 unspecified atom stereocenters. The predicted octanol–water partition coefficient (Wildman–Crippen LogP) is 3.22. The Bertz CT molecular complexity index is 517. The van der Waals surface area contributed by atoms with E-state index >= 15 is 0 Å². The zero-order valence-corrected chi connectivity index (χ0v) is 9.69. The number of benzene rings is 2. The molecule has 0 fully saturated rings. The molecular formula is C15H16N2. The van der Waals surface area contributed by atoms with Crippen LogP contribution in [0.15, 0.2) is 48.5 Å². The maximum Gasteiger partial charge on any atom is 0.0379 e. The Morgan fingerprint density at radius 3 is 2.59 bits per heavy atom. The first-order valence-corrected chi connectivity index (χ1v) is 6.03. The molecule has 0 spiro atoms. The Balaban J connectivity index is 2.03. The quantitative estimate of drug-likeness (QED) is 0.730. The first-order valence-electron chi connectivity index (χ1n) is 6.03. The summed E-state index contributed by atoms with van der Waals surface area (Å²) in [5.74, 6) is 0.494. The van der Waals surface area contributed by atoms with Crippen molar-refractivity contribution in [2.75, 3.05) is 17.6 Å². The van der Waals surface area contributed by atoms with Crippen molar-refractivity contribution in [3.63, 3.8) is 0 Å². The van der Waals surface area contributed by atoms with Gasteiger partial charge in [-0.25, -0.2) is 0 Å². The molecule has 3 N–H and O–H groups in total. The lowest BCUT2D eigenvalue weighted by molar-refractivity contribution is 0.720. The van der Waals surface area contributed by atoms with Gasteiger partial charge >= 0.3 is 0 Å². The monoisotopic (exact) mass is 224 g/mol. The third kappa shape index (κ3) is 1.86. The third-order valence-corrected chi connectivity index (χ3v) is 3.42. The lowest BCUT2D eigenvalue weighted by Crippen LogP contribution is -2.17. The van der Waals surface area contributed by atoms with Gasteiger partial charge in [0.15, 0.2) is 0 Å². The van der Waals surface area contributed by atoms with Crippen LogP contribution >= 0.6 is 0 Å². The fourth-order valence-electron chi connectivity index (χ4n) is 2.54. The Labute approximate surface area is 101 Å². The average molecular weight is 224 g/mol. The predicted molar refractivity (Wildman–Crippen MR) is 72.2 cm³/mol. The van der Waals surface area contributed by atoms with E-state index in [-0.39, 0.29) is 0 Å². The maximum atomic E-state index is 5.74. The Hall–Kier alpha value is -1.96. The summed E-state index contributed by atoms with van der Waals surface area (Å²) in [6, 6.07) is 16.8. The zero-order valence-electron chi connectivity index (χ0n) is 9.69. The zero-order chi connectivity index (χ0) is 11.7. The highest BCUT2D eigenvalue weighted by Gasteiger charge is 2.20. The van der Waals surface area contributed by atoms with E-state index < -0.39 is 0 Å². The van der Waals surface area contributed by atoms with Gasteiger partial charge in [0.25, 0.3) is 0 Å². The van der Waals surface area contributed by atoms with Crippen LogP contribution in [0.3, 0.4) is 0 Å². The van der Waals surface area contributed by atoms with Gasteiger partial charge in [0.1, 0.15) is 0 Å². The Morgan fingerprint density at radius 1 is 1.00 bits per heavy atom. The van der Waals surface area contributed by atoms with Gasteiger partial charge in [-0.3, -0.25) is 0 Å². The summed E-state index contributed by atoms with van der Waals surface area (Å²) >= 11 is 0. The van der Waals surface area contributed by atoms with E-state index in [0.717, 1.165) is 18.7 Å². The van der Waals surface area contributed by atoms with Crippen LogP contribution in [0.4, 0.5) is 11.4 Å². The molecule has 86 valence electrons. The van der Waals surface area contributed by atoms with Crippen LogP contribution in [0.5, 0.6) is 0 Å². The molecule has 0 saturated heterocycles. The molecule has 0 saturated carbocycles. The highest BCUT2D eigenvalue weighted by Crippen LogP contribution is 2.36. The van der Waals surface area contributed by atoms with Gasteiger partial charge in [-0.1, -0.05) is 30.3 Å². The van der Waals surface area contributed by atoms with Crippen molar-refractivity contribution in [1.29, 1.82) is 0 Å². The molecule has 1 aliphatic heterocycles. The highest BCUT2D eigenvalue weighted by atomic mass is 14.9. The normalized spacial score (nSPS) is 18.2. The van der Waals surface area contributed by atoms with Crippen LogP contribution in [0.1, 0.15) is 23.5 Å². The SMILES string of the molecule is Nc1ccc([C@@H]2CCNc3ccccc32)cc1. The van der Waals surface area contributed by atoms with Crippen LogP contribution in [0, 0.1) is 0 Å². The summed E-state index contributed by atoms with van der Waals surface area (Å²) in [5.41, 5.74) is 10.6. The largest absolute Gasteiger partial charge is 0.399 e. The summed E-state index contributed by atoms with van der Waals surface area (Å²) < 4.78 is 0. The molecule has 2 nitrogen and oxygen atoms in total. The number of nitrogen functional groups attached to an aromatic ring is 1. The van der Waals surface area contributed by atoms with Crippen LogP contribution in [0.2, 0.25) is 0 Å². The molecule has 2 aromatic rings. The van der Waals surface area contributed by atoms with Crippen molar-refractivity contribution >= 4 is 11.4 Å². The van der Waals surface area contributed by atoms with E-state index in [2.05, 4.69) is 41.7 Å². The minimum atomic E-state index is 0.494. The summed E-state index contributed by atoms with van der Waals surface area (Å²) in [4.78, 5) is 0. The van der Waals surface area contributed by atoms with Crippen molar-refractivity contribution < 1.29 is 0 Å². The van der Waals surface area contributed by atoms with Gasteiger partial charge in [-0.05, 0) is 35.7 Å². The fourth-order valence-corrected chi connectivity index (χ4v) is 2.54. The topological polar surface area (TPSA) is 38.0 Å². The molecule has 2 heteroatoms. The molecule has 3 rings (SSSR count). The summed E-state index contributed by atoms with van der Waals surface area (Å²) in [5, 5.41) is 3.45. The van der Waals surface area contributed by atoms with Gasteiger partial charge < -0.3 is 11.1 Å². The van der Waals surface area contributed by atoms with E-state index in [1.165, 1.54) is 16.8 Å². The lowest BCUT2D eigenvalue weighted by Gasteiger charge is -2.27. The minimum absolute atomic E-state index is 0.494. The first kappa shape index (κ1) is 10.2. The molecule has 2 aromatic carbocycles. The molecule has 1 heterocycles. The summed E-state index contributed by atoms with van der Waals surface area (Å²) in [7, 11) is 0. The molecular weight excluding hydrogens is 208 g/mol. The molecule has 0 radical (unpaired) electrons. The molecule has 1 atom stereocenters.